The zero-order valence-electron chi connectivity index (χ0n) is 15.4. The maximum Gasteiger partial charge on any atom is 0.253 e. The number of carbonyl (C=O) groups excluding carboxylic acids is 1. The molecular weight excluding hydrogens is 374 g/mol. The van der Waals surface area contributed by atoms with Crippen molar-refractivity contribution in [1.29, 1.82) is 0 Å². The van der Waals surface area contributed by atoms with E-state index in [1.54, 1.807) is 13.8 Å². The van der Waals surface area contributed by atoms with E-state index < -0.39 is 27.6 Å². The minimum Gasteiger partial charge on any atom is -0.337 e. The molecule has 0 N–H and O–H groups in total. The third-order valence-corrected chi connectivity index (χ3v) is 6.28. The van der Waals surface area contributed by atoms with Crippen LogP contribution in [0, 0.1) is 11.6 Å². The smallest absolute Gasteiger partial charge is 0.253 e. The van der Waals surface area contributed by atoms with E-state index >= 15 is 0 Å². The number of benzene rings is 2. The molecule has 0 spiro atoms. The second-order valence-corrected chi connectivity index (χ2v) is 7.95. The average molecular weight is 396 g/mol. The second kappa shape index (κ2) is 8.58. The number of nitrogens with zero attached hydrogens (tertiary/aromatic N) is 2. The molecule has 5 nitrogen and oxygen atoms in total. The number of hydrogen-bond donors (Lipinski definition) is 0. The zero-order chi connectivity index (χ0) is 20.2. The Bertz CT molecular complexity index is 911. The summed E-state index contributed by atoms with van der Waals surface area (Å²) in [6, 6.07) is 8.80. The van der Waals surface area contributed by atoms with Crippen LogP contribution in [0.2, 0.25) is 0 Å². The first-order valence-corrected chi connectivity index (χ1v) is 9.94. The standard InChI is InChI=1S/C19H22F2N2O3S/c1-4-23(5-2)27(25,26)17-10-7-14(8-11-17)19(24)22(3)13-15-6-9-16(20)12-18(15)21/h6-12H,4-5,13H2,1-3H3. The summed E-state index contributed by atoms with van der Waals surface area (Å²) >= 11 is 0. The molecule has 0 bridgehead atoms. The largest absolute Gasteiger partial charge is 0.337 e. The van der Waals surface area contributed by atoms with E-state index in [4.69, 9.17) is 0 Å². The maximum atomic E-state index is 13.8. The lowest BCUT2D eigenvalue weighted by molar-refractivity contribution is 0.0783. The molecule has 2 aromatic carbocycles. The monoisotopic (exact) mass is 396 g/mol. The molecule has 27 heavy (non-hydrogen) atoms. The van der Waals surface area contributed by atoms with E-state index in [0.717, 1.165) is 12.1 Å². The van der Waals surface area contributed by atoms with Crippen LogP contribution in [-0.4, -0.2) is 43.7 Å². The fraction of sp³-hybridized carbons (Fsp3) is 0.316. The molecule has 0 aromatic heterocycles. The van der Waals surface area contributed by atoms with Crippen LogP contribution in [0.3, 0.4) is 0 Å². The highest BCUT2D eigenvalue weighted by molar-refractivity contribution is 7.89. The van der Waals surface area contributed by atoms with Gasteiger partial charge in [-0.3, -0.25) is 4.79 Å². The normalized spacial score (nSPS) is 11.6. The van der Waals surface area contributed by atoms with Crippen LogP contribution in [0.25, 0.3) is 0 Å². The van der Waals surface area contributed by atoms with Gasteiger partial charge in [-0.05, 0) is 30.3 Å². The SMILES string of the molecule is CCN(CC)S(=O)(=O)c1ccc(C(=O)N(C)Cc2ccc(F)cc2F)cc1. The van der Waals surface area contributed by atoms with Crippen LogP contribution in [0.4, 0.5) is 8.78 Å². The minimum absolute atomic E-state index is 0.0373. The third-order valence-electron chi connectivity index (χ3n) is 4.21. The summed E-state index contributed by atoms with van der Waals surface area (Å²) in [5, 5.41) is 0. The highest BCUT2D eigenvalue weighted by Gasteiger charge is 2.22. The van der Waals surface area contributed by atoms with Gasteiger partial charge in [0.2, 0.25) is 10.0 Å². The van der Waals surface area contributed by atoms with Crippen molar-refractivity contribution in [1.82, 2.24) is 9.21 Å². The van der Waals surface area contributed by atoms with Gasteiger partial charge < -0.3 is 4.90 Å². The molecule has 0 aliphatic heterocycles. The van der Waals surface area contributed by atoms with Crippen LogP contribution in [0.1, 0.15) is 29.8 Å². The number of halogens is 2. The molecular formula is C19H22F2N2O3S. The zero-order valence-corrected chi connectivity index (χ0v) is 16.3. The van der Waals surface area contributed by atoms with Crippen molar-refractivity contribution in [2.75, 3.05) is 20.1 Å². The van der Waals surface area contributed by atoms with Crippen LogP contribution in [0.15, 0.2) is 47.4 Å². The summed E-state index contributed by atoms with van der Waals surface area (Å²) in [6.45, 7) is 4.17. The number of sulfonamides is 1. The molecule has 2 rings (SSSR count). The van der Waals surface area contributed by atoms with Gasteiger partial charge in [0.15, 0.2) is 0 Å². The fourth-order valence-electron chi connectivity index (χ4n) is 2.68. The Morgan fingerprint density at radius 1 is 1.00 bits per heavy atom. The Morgan fingerprint density at radius 2 is 1.59 bits per heavy atom. The molecule has 0 unspecified atom stereocenters. The van der Waals surface area contributed by atoms with E-state index in [-0.39, 0.29) is 22.6 Å². The Kier molecular flexibility index (Phi) is 6.67. The first-order chi connectivity index (χ1) is 12.7. The molecule has 146 valence electrons. The van der Waals surface area contributed by atoms with E-state index in [9.17, 15) is 22.0 Å². The Morgan fingerprint density at radius 3 is 2.11 bits per heavy atom. The molecule has 0 aliphatic carbocycles. The van der Waals surface area contributed by atoms with Crippen molar-refractivity contribution in [2.24, 2.45) is 0 Å². The summed E-state index contributed by atoms with van der Waals surface area (Å²) in [6.07, 6.45) is 0. The van der Waals surface area contributed by atoms with Gasteiger partial charge in [-0.25, -0.2) is 17.2 Å². The predicted molar refractivity (Wildman–Crippen MR) is 98.7 cm³/mol. The molecule has 1 amide bonds. The van der Waals surface area contributed by atoms with Gasteiger partial charge >= 0.3 is 0 Å². The molecule has 0 atom stereocenters. The second-order valence-electron chi connectivity index (χ2n) is 6.01. The third kappa shape index (κ3) is 4.70. The summed E-state index contributed by atoms with van der Waals surface area (Å²) in [7, 11) is -2.11. The van der Waals surface area contributed by atoms with Crippen LogP contribution in [-0.2, 0) is 16.6 Å². The summed E-state index contributed by atoms with van der Waals surface area (Å²) < 4.78 is 53.0. The number of carbonyl (C=O) groups is 1. The minimum atomic E-state index is -3.60. The van der Waals surface area contributed by atoms with E-state index in [1.807, 2.05) is 0 Å². The van der Waals surface area contributed by atoms with Gasteiger partial charge in [0.05, 0.1) is 4.90 Å². The molecule has 8 heteroatoms. The average Bonchev–Trinajstić information content (AvgIpc) is 2.64. The van der Waals surface area contributed by atoms with Gasteiger partial charge in [-0.15, -0.1) is 0 Å². The molecule has 0 fully saturated rings. The first-order valence-electron chi connectivity index (χ1n) is 8.50. The van der Waals surface area contributed by atoms with Gasteiger partial charge in [0, 0.05) is 43.9 Å². The van der Waals surface area contributed by atoms with E-state index in [1.165, 1.54) is 46.6 Å². The Balaban J connectivity index is 2.17. The van der Waals surface area contributed by atoms with Gasteiger partial charge in [0.1, 0.15) is 11.6 Å². The number of amides is 1. The molecule has 0 saturated carbocycles. The summed E-state index contributed by atoms with van der Waals surface area (Å²) in [4.78, 5) is 13.9. The molecule has 0 heterocycles. The lowest BCUT2D eigenvalue weighted by Gasteiger charge is -2.20. The Labute approximate surface area is 158 Å². The molecule has 0 aliphatic rings. The van der Waals surface area contributed by atoms with Crippen molar-refractivity contribution >= 4 is 15.9 Å². The van der Waals surface area contributed by atoms with Gasteiger partial charge in [0.25, 0.3) is 5.91 Å². The van der Waals surface area contributed by atoms with Crippen molar-refractivity contribution in [3.63, 3.8) is 0 Å². The number of hydrogen-bond acceptors (Lipinski definition) is 3. The Hall–Kier alpha value is -2.32. The fourth-order valence-corrected chi connectivity index (χ4v) is 4.14. The van der Waals surface area contributed by atoms with Crippen LogP contribution < -0.4 is 0 Å². The van der Waals surface area contributed by atoms with Crippen LogP contribution >= 0.6 is 0 Å². The lowest BCUT2D eigenvalue weighted by Crippen LogP contribution is -2.30. The maximum absolute atomic E-state index is 13.8. The van der Waals surface area contributed by atoms with Gasteiger partial charge in [-0.1, -0.05) is 19.9 Å². The molecule has 0 radical (unpaired) electrons. The lowest BCUT2D eigenvalue weighted by atomic mass is 10.1. The summed E-state index contributed by atoms with van der Waals surface area (Å²) in [5.74, 6) is -1.81. The van der Waals surface area contributed by atoms with E-state index in [0.29, 0.717) is 13.1 Å². The van der Waals surface area contributed by atoms with Crippen molar-refractivity contribution in [3.8, 4) is 0 Å². The summed E-state index contributed by atoms with van der Waals surface area (Å²) in [5.41, 5.74) is 0.464. The van der Waals surface area contributed by atoms with Crippen molar-refractivity contribution in [3.05, 3.63) is 65.2 Å². The molecule has 2 aromatic rings. The molecule has 0 saturated heterocycles. The number of rotatable bonds is 7. The van der Waals surface area contributed by atoms with E-state index in [2.05, 4.69) is 0 Å². The van der Waals surface area contributed by atoms with Crippen LogP contribution in [0.5, 0.6) is 0 Å². The van der Waals surface area contributed by atoms with Gasteiger partial charge in [-0.2, -0.15) is 4.31 Å². The van der Waals surface area contributed by atoms with Crippen molar-refractivity contribution < 1.29 is 22.0 Å². The topological polar surface area (TPSA) is 57.7 Å². The first kappa shape index (κ1) is 21.0. The quantitative estimate of drug-likeness (QED) is 0.722. The predicted octanol–water partition coefficient (Wildman–Crippen LogP) is 3.27. The van der Waals surface area contributed by atoms with Crippen molar-refractivity contribution in [2.45, 2.75) is 25.3 Å². The highest BCUT2D eigenvalue weighted by Crippen LogP contribution is 2.18. The highest BCUT2D eigenvalue weighted by atomic mass is 32.2.